The molecule has 6 heteroatoms. The molecule has 0 bridgehead atoms. The first-order chi connectivity index (χ1) is 12.8. The maximum absolute atomic E-state index is 12.6. The average Bonchev–Trinajstić information content (AvgIpc) is 2.63. The Bertz CT molecular complexity index is 831. The number of hydrogen-bond acceptors (Lipinski definition) is 4. The summed E-state index contributed by atoms with van der Waals surface area (Å²) in [4.78, 5) is 23.8. The molecule has 1 saturated carbocycles. The summed E-state index contributed by atoms with van der Waals surface area (Å²) in [5.41, 5.74) is 12.2. The van der Waals surface area contributed by atoms with E-state index in [0.717, 1.165) is 25.7 Å². The van der Waals surface area contributed by atoms with Crippen molar-refractivity contribution in [2.24, 2.45) is 17.4 Å². The first-order valence-corrected chi connectivity index (χ1v) is 9.13. The van der Waals surface area contributed by atoms with E-state index in [4.69, 9.17) is 16.2 Å². The van der Waals surface area contributed by atoms with Crippen molar-refractivity contribution in [1.29, 1.82) is 0 Å². The SMILES string of the molecule is CC1(N)CCCCC1C(=O)Nc1ccc(Oc2cccc(C(N)=O)c2)cc1. The van der Waals surface area contributed by atoms with E-state index in [1.165, 1.54) is 0 Å². The van der Waals surface area contributed by atoms with Gasteiger partial charge in [0.1, 0.15) is 11.5 Å². The Morgan fingerprint density at radius 1 is 1.11 bits per heavy atom. The molecule has 6 nitrogen and oxygen atoms in total. The highest BCUT2D eigenvalue weighted by Crippen LogP contribution is 2.32. The highest BCUT2D eigenvalue weighted by Gasteiger charge is 2.37. The Morgan fingerprint density at radius 2 is 1.85 bits per heavy atom. The summed E-state index contributed by atoms with van der Waals surface area (Å²) < 4.78 is 5.74. The minimum atomic E-state index is -0.506. The third-order valence-corrected chi connectivity index (χ3v) is 5.05. The lowest BCUT2D eigenvalue weighted by Crippen LogP contribution is -2.51. The van der Waals surface area contributed by atoms with Gasteiger partial charge in [-0.15, -0.1) is 0 Å². The second kappa shape index (κ2) is 7.80. The fraction of sp³-hybridized carbons (Fsp3) is 0.333. The van der Waals surface area contributed by atoms with Crippen molar-refractivity contribution >= 4 is 17.5 Å². The van der Waals surface area contributed by atoms with Crippen molar-refractivity contribution in [2.75, 3.05) is 5.32 Å². The summed E-state index contributed by atoms with van der Waals surface area (Å²) >= 11 is 0. The molecular formula is C21H25N3O3. The number of amides is 2. The lowest BCUT2D eigenvalue weighted by atomic mass is 9.74. The molecule has 0 spiro atoms. The molecule has 2 unspecified atom stereocenters. The lowest BCUT2D eigenvalue weighted by Gasteiger charge is -2.37. The summed E-state index contributed by atoms with van der Waals surface area (Å²) in [6.45, 7) is 1.95. The van der Waals surface area contributed by atoms with Gasteiger partial charge in [-0.3, -0.25) is 9.59 Å². The number of carbonyl (C=O) groups is 2. The van der Waals surface area contributed by atoms with Crippen LogP contribution in [0.3, 0.4) is 0 Å². The second-order valence-corrected chi connectivity index (χ2v) is 7.31. The van der Waals surface area contributed by atoms with Crippen LogP contribution >= 0.6 is 0 Å². The minimum Gasteiger partial charge on any atom is -0.457 e. The fourth-order valence-electron chi connectivity index (χ4n) is 3.47. The first kappa shape index (κ1) is 18.9. The highest BCUT2D eigenvalue weighted by atomic mass is 16.5. The Hall–Kier alpha value is -2.86. The summed E-state index contributed by atoms with van der Waals surface area (Å²) in [5.74, 6) is 0.384. The second-order valence-electron chi connectivity index (χ2n) is 7.31. The van der Waals surface area contributed by atoms with Gasteiger partial charge >= 0.3 is 0 Å². The third kappa shape index (κ3) is 4.65. The molecule has 0 heterocycles. The first-order valence-electron chi connectivity index (χ1n) is 9.13. The van der Waals surface area contributed by atoms with Gasteiger partial charge in [-0.2, -0.15) is 0 Å². The van der Waals surface area contributed by atoms with Crippen LogP contribution in [0.1, 0.15) is 43.0 Å². The summed E-state index contributed by atoms with van der Waals surface area (Å²) in [6.07, 6.45) is 3.78. The number of nitrogens with two attached hydrogens (primary N) is 2. The zero-order chi connectivity index (χ0) is 19.4. The molecular weight excluding hydrogens is 342 g/mol. The molecule has 2 atom stereocenters. The van der Waals surface area contributed by atoms with Gasteiger partial charge in [0, 0.05) is 16.8 Å². The van der Waals surface area contributed by atoms with Crippen molar-refractivity contribution in [3.05, 3.63) is 54.1 Å². The van der Waals surface area contributed by atoms with Crippen LogP contribution in [0.2, 0.25) is 0 Å². The Labute approximate surface area is 158 Å². The number of benzene rings is 2. The van der Waals surface area contributed by atoms with E-state index in [-0.39, 0.29) is 11.8 Å². The molecule has 0 saturated heterocycles. The Kier molecular flexibility index (Phi) is 5.46. The monoisotopic (exact) mass is 367 g/mol. The van der Waals surface area contributed by atoms with Crippen molar-refractivity contribution in [3.63, 3.8) is 0 Å². The molecule has 1 aliphatic rings. The predicted octanol–water partition coefficient (Wildman–Crippen LogP) is 3.42. The standard InChI is InChI=1S/C21H25N3O3/c1-21(23)12-3-2-7-18(21)20(26)24-15-8-10-16(11-9-15)27-17-6-4-5-14(13-17)19(22)25/h4-6,8-11,13,18H,2-3,7,12,23H2,1H3,(H2,22,25)(H,24,26). The Balaban J connectivity index is 1.64. The van der Waals surface area contributed by atoms with Gasteiger partial charge in [0.2, 0.25) is 11.8 Å². The molecule has 27 heavy (non-hydrogen) atoms. The smallest absolute Gasteiger partial charge is 0.248 e. The van der Waals surface area contributed by atoms with E-state index in [2.05, 4.69) is 5.32 Å². The molecule has 0 radical (unpaired) electrons. The average molecular weight is 367 g/mol. The molecule has 0 aliphatic heterocycles. The number of ether oxygens (including phenoxy) is 1. The van der Waals surface area contributed by atoms with Crippen molar-refractivity contribution in [2.45, 2.75) is 38.1 Å². The summed E-state index contributed by atoms with van der Waals surface area (Å²) in [5, 5.41) is 2.95. The summed E-state index contributed by atoms with van der Waals surface area (Å²) in [7, 11) is 0. The number of primary amides is 1. The largest absolute Gasteiger partial charge is 0.457 e. The number of anilines is 1. The van der Waals surface area contributed by atoms with Crippen LogP contribution in [0, 0.1) is 5.92 Å². The summed E-state index contributed by atoms with van der Waals surface area (Å²) in [6, 6.07) is 13.7. The van der Waals surface area contributed by atoms with Crippen LogP contribution in [0.5, 0.6) is 11.5 Å². The highest BCUT2D eigenvalue weighted by molar-refractivity contribution is 5.94. The fourth-order valence-corrected chi connectivity index (χ4v) is 3.47. The minimum absolute atomic E-state index is 0.0393. The van der Waals surface area contributed by atoms with Crippen LogP contribution in [0.4, 0.5) is 5.69 Å². The van der Waals surface area contributed by atoms with Gasteiger partial charge in [0.15, 0.2) is 0 Å². The van der Waals surface area contributed by atoms with E-state index in [1.807, 2.05) is 6.92 Å². The maximum atomic E-state index is 12.6. The van der Waals surface area contributed by atoms with Crippen LogP contribution in [0.25, 0.3) is 0 Å². The molecule has 3 rings (SSSR count). The number of hydrogen-bond donors (Lipinski definition) is 3. The van der Waals surface area contributed by atoms with Crippen molar-refractivity contribution < 1.29 is 14.3 Å². The van der Waals surface area contributed by atoms with E-state index >= 15 is 0 Å². The van der Waals surface area contributed by atoms with Crippen LogP contribution in [-0.4, -0.2) is 17.4 Å². The van der Waals surface area contributed by atoms with E-state index < -0.39 is 11.4 Å². The number of rotatable bonds is 5. The molecule has 1 fully saturated rings. The van der Waals surface area contributed by atoms with E-state index in [9.17, 15) is 9.59 Å². The zero-order valence-corrected chi connectivity index (χ0v) is 15.4. The van der Waals surface area contributed by atoms with E-state index in [0.29, 0.717) is 22.7 Å². The van der Waals surface area contributed by atoms with Crippen LogP contribution in [-0.2, 0) is 4.79 Å². The van der Waals surface area contributed by atoms with Gasteiger partial charge in [0.25, 0.3) is 0 Å². The quantitative estimate of drug-likeness (QED) is 0.752. The number of carbonyl (C=O) groups excluding carboxylic acids is 2. The number of nitrogens with one attached hydrogen (secondary N) is 1. The Morgan fingerprint density at radius 3 is 2.52 bits per heavy atom. The van der Waals surface area contributed by atoms with Gasteiger partial charge < -0.3 is 21.5 Å². The lowest BCUT2D eigenvalue weighted by molar-refractivity contribution is -0.122. The van der Waals surface area contributed by atoms with Crippen LogP contribution < -0.4 is 21.5 Å². The maximum Gasteiger partial charge on any atom is 0.248 e. The van der Waals surface area contributed by atoms with Crippen molar-refractivity contribution in [1.82, 2.24) is 0 Å². The third-order valence-electron chi connectivity index (χ3n) is 5.05. The molecule has 2 amide bonds. The van der Waals surface area contributed by atoms with Gasteiger partial charge in [-0.05, 0) is 62.2 Å². The van der Waals surface area contributed by atoms with Crippen molar-refractivity contribution in [3.8, 4) is 11.5 Å². The molecule has 0 aromatic heterocycles. The molecule has 2 aromatic rings. The molecule has 1 aliphatic carbocycles. The topological polar surface area (TPSA) is 107 Å². The van der Waals surface area contributed by atoms with Gasteiger partial charge in [0.05, 0.1) is 5.92 Å². The molecule has 2 aromatic carbocycles. The predicted molar refractivity (Wildman–Crippen MR) is 105 cm³/mol. The van der Waals surface area contributed by atoms with Crippen LogP contribution in [0.15, 0.2) is 48.5 Å². The molecule has 5 N–H and O–H groups in total. The normalized spacial score (nSPS) is 22.1. The van der Waals surface area contributed by atoms with E-state index in [1.54, 1.807) is 48.5 Å². The molecule has 142 valence electrons. The van der Waals surface area contributed by atoms with Gasteiger partial charge in [-0.1, -0.05) is 18.9 Å². The zero-order valence-electron chi connectivity index (χ0n) is 15.4. The van der Waals surface area contributed by atoms with Gasteiger partial charge in [-0.25, -0.2) is 0 Å².